The van der Waals surface area contributed by atoms with E-state index in [-0.39, 0.29) is 0 Å². The fraction of sp³-hybridized carbons (Fsp3) is 0.350. The normalized spacial score (nSPS) is 18.3. The molecular formula is C20H22N4. The topological polar surface area (TPSA) is 43.6 Å². The van der Waals surface area contributed by atoms with Crippen LogP contribution in [0.5, 0.6) is 0 Å². The molecule has 1 unspecified atom stereocenters. The third-order valence-corrected chi connectivity index (χ3v) is 5.16. The number of hydrogen-bond acceptors (Lipinski definition) is 3. The minimum absolute atomic E-state index is 0.458. The second-order valence-corrected chi connectivity index (χ2v) is 6.79. The van der Waals surface area contributed by atoms with E-state index in [4.69, 9.17) is 0 Å². The highest BCUT2D eigenvalue weighted by atomic mass is 15.1. The Bertz CT molecular complexity index is 892. The summed E-state index contributed by atoms with van der Waals surface area (Å²) in [5, 5.41) is 0. The lowest BCUT2D eigenvalue weighted by atomic mass is 9.83. The third-order valence-electron chi connectivity index (χ3n) is 5.16. The molecule has 2 aromatic heterocycles. The molecule has 4 nitrogen and oxygen atoms in total. The van der Waals surface area contributed by atoms with Crippen LogP contribution in [0.15, 0.2) is 54.1 Å². The van der Waals surface area contributed by atoms with Crippen LogP contribution in [0.1, 0.15) is 50.3 Å². The molecule has 1 aliphatic carbocycles. The van der Waals surface area contributed by atoms with Crippen molar-refractivity contribution in [2.24, 2.45) is 0 Å². The largest absolute Gasteiger partial charge is 0.311 e. The zero-order valence-corrected chi connectivity index (χ0v) is 14.2. The van der Waals surface area contributed by atoms with Gasteiger partial charge in [0, 0.05) is 5.92 Å². The number of allylic oxidation sites excluding steroid dienone is 2. The van der Waals surface area contributed by atoms with Crippen molar-refractivity contribution in [1.29, 1.82) is 0 Å². The molecule has 4 heteroatoms. The van der Waals surface area contributed by atoms with Crippen LogP contribution in [0, 0.1) is 0 Å². The van der Waals surface area contributed by atoms with Gasteiger partial charge in [-0.05, 0) is 38.7 Å². The summed E-state index contributed by atoms with van der Waals surface area (Å²) in [7, 11) is 0. The van der Waals surface area contributed by atoms with Gasteiger partial charge in [-0.1, -0.05) is 41.5 Å². The molecule has 1 aromatic carbocycles. The van der Waals surface area contributed by atoms with Crippen LogP contribution >= 0.6 is 0 Å². The predicted octanol–water partition coefficient (Wildman–Crippen LogP) is 4.48. The maximum atomic E-state index is 4.66. The molecule has 24 heavy (non-hydrogen) atoms. The summed E-state index contributed by atoms with van der Waals surface area (Å²) in [6.45, 7) is 5.28. The SMILES string of the molecule is CC1=C(C)CC(c2ncnc3c2ncn3Cc2ccccc2)CC1. The first-order valence-corrected chi connectivity index (χ1v) is 8.57. The molecule has 122 valence electrons. The summed E-state index contributed by atoms with van der Waals surface area (Å²) in [5.41, 5.74) is 7.30. The van der Waals surface area contributed by atoms with Gasteiger partial charge in [0.1, 0.15) is 11.8 Å². The molecule has 3 aromatic rings. The Morgan fingerprint density at radius 3 is 2.67 bits per heavy atom. The molecule has 0 fully saturated rings. The first-order valence-electron chi connectivity index (χ1n) is 8.57. The summed E-state index contributed by atoms with van der Waals surface area (Å²) in [5.74, 6) is 0.458. The number of fused-ring (bicyclic) bond motifs is 1. The average Bonchev–Trinajstić information content (AvgIpc) is 3.01. The molecule has 2 heterocycles. The van der Waals surface area contributed by atoms with Gasteiger partial charge in [-0.3, -0.25) is 0 Å². The Morgan fingerprint density at radius 1 is 1.04 bits per heavy atom. The first kappa shape index (κ1) is 15.1. The van der Waals surface area contributed by atoms with Crippen molar-refractivity contribution in [2.75, 3.05) is 0 Å². The highest BCUT2D eigenvalue weighted by Crippen LogP contribution is 2.36. The standard InChI is InChI=1S/C20H22N4/c1-14-8-9-17(10-15(14)2)18-19-20(22-12-21-18)24(13-23-19)11-16-6-4-3-5-7-16/h3-7,12-13,17H,8-11H2,1-2H3. The van der Waals surface area contributed by atoms with E-state index < -0.39 is 0 Å². The number of hydrogen-bond donors (Lipinski definition) is 0. The molecule has 0 N–H and O–H groups in total. The molecule has 1 atom stereocenters. The molecule has 1 aliphatic rings. The van der Waals surface area contributed by atoms with E-state index in [1.807, 2.05) is 12.4 Å². The molecule has 0 bridgehead atoms. The van der Waals surface area contributed by atoms with Crippen molar-refractivity contribution in [3.63, 3.8) is 0 Å². The Balaban J connectivity index is 1.69. The van der Waals surface area contributed by atoms with Crippen LogP contribution < -0.4 is 0 Å². The Labute approximate surface area is 142 Å². The van der Waals surface area contributed by atoms with Gasteiger partial charge in [0.2, 0.25) is 0 Å². The van der Waals surface area contributed by atoms with Crippen LogP contribution in [0.25, 0.3) is 11.2 Å². The zero-order chi connectivity index (χ0) is 16.5. The van der Waals surface area contributed by atoms with E-state index in [1.54, 1.807) is 6.33 Å². The summed E-state index contributed by atoms with van der Waals surface area (Å²) in [4.78, 5) is 13.8. The Hall–Kier alpha value is -2.49. The van der Waals surface area contributed by atoms with E-state index >= 15 is 0 Å². The fourth-order valence-corrected chi connectivity index (χ4v) is 3.58. The second kappa shape index (κ2) is 6.19. The summed E-state index contributed by atoms with van der Waals surface area (Å²) < 4.78 is 2.12. The minimum Gasteiger partial charge on any atom is -0.311 e. The first-order chi connectivity index (χ1) is 11.7. The van der Waals surface area contributed by atoms with E-state index in [1.165, 1.54) is 16.7 Å². The van der Waals surface area contributed by atoms with Crippen molar-refractivity contribution in [2.45, 2.75) is 45.6 Å². The van der Waals surface area contributed by atoms with Crippen molar-refractivity contribution >= 4 is 11.2 Å². The van der Waals surface area contributed by atoms with Gasteiger partial charge in [0.25, 0.3) is 0 Å². The monoisotopic (exact) mass is 318 g/mol. The van der Waals surface area contributed by atoms with Gasteiger partial charge in [0.15, 0.2) is 5.65 Å². The zero-order valence-electron chi connectivity index (χ0n) is 14.2. The van der Waals surface area contributed by atoms with Gasteiger partial charge in [-0.2, -0.15) is 0 Å². The number of aromatic nitrogens is 4. The fourth-order valence-electron chi connectivity index (χ4n) is 3.58. The number of rotatable bonds is 3. The molecule has 0 aliphatic heterocycles. The molecule has 0 spiro atoms. The second-order valence-electron chi connectivity index (χ2n) is 6.79. The van der Waals surface area contributed by atoms with E-state index in [9.17, 15) is 0 Å². The lowest BCUT2D eigenvalue weighted by Crippen LogP contribution is -2.10. The van der Waals surface area contributed by atoms with Crippen molar-refractivity contribution in [3.8, 4) is 0 Å². The predicted molar refractivity (Wildman–Crippen MR) is 95.8 cm³/mol. The van der Waals surface area contributed by atoms with Gasteiger partial charge in [0.05, 0.1) is 18.6 Å². The van der Waals surface area contributed by atoms with Crippen LogP contribution in [0.2, 0.25) is 0 Å². The molecule has 0 radical (unpaired) electrons. The average molecular weight is 318 g/mol. The van der Waals surface area contributed by atoms with E-state index in [2.05, 4.69) is 57.6 Å². The maximum absolute atomic E-state index is 4.66. The van der Waals surface area contributed by atoms with Gasteiger partial charge >= 0.3 is 0 Å². The van der Waals surface area contributed by atoms with Gasteiger partial charge in [-0.25, -0.2) is 15.0 Å². The maximum Gasteiger partial charge on any atom is 0.163 e. The third kappa shape index (κ3) is 2.73. The van der Waals surface area contributed by atoms with Crippen LogP contribution in [-0.2, 0) is 6.54 Å². The molecular weight excluding hydrogens is 296 g/mol. The quantitative estimate of drug-likeness (QED) is 0.669. The van der Waals surface area contributed by atoms with Crippen LogP contribution in [0.4, 0.5) is 0 Å². The number of benzene rings is 1. The number of imidazole rings is 1. The van der Waals surface area contributed by atoms with Crippen LogP contribution in [-0.4, -0.2) is 19.5 Å². The highest BCUT2D eigenvalue weighted by molar-refractivity contribution is 5.74. The molecule has 0 saturated carbocycles. The van der Waals surface area contributed by atoms with Crippen LogP contribution in [0.3, 0.4) is 0 Å². The summed E-state index contributed by atoms with van der Waals surface area (Å²) >= 11 is 0. The van der Waals surface area contributed by atoms with Gasteiger partial charge < -0.3 is 4.57 Å². The van der Waals surface area contributed by atoms with Crippen molar-refractivity contribution < 1.29 is 0 Å². The molecule has 0 saturated heterocycles. The molecule has 4 rings (SSSR count). The smallest absolute Gasteiger partial charge is 0.163 e. The highest BCUT2D eigenvalue weighted by Gasteiger charge is 2.23. The number of nitrogens with zero attached hydrogens (tertiary/aromatic N) is 4. The van der Waals surface area contributed by atoms with E-state index in [0.29, 0.717) is 5.92 Å². The lowest BCUT2D eigenvalue weighted by molar-refractivity contribution is 0.566. The minimum atomic E-state index is 0.458. The Morgan fingerprint density at radius 2 is 1.88 bits per heavy atom. The van der Waals surface area contributed by atoms with E-state index in [0.717, 1.165) is 42.7 Å². The Kier molecular flexibility index (Phi) is 3.89. The summed E-state index contributed by atoms with van der Waals surface area (Å²) in [6.07, 6.45) is 6.99. The van der Waals surface area contributed by atoms with Crippen molar-refractivity contribution in [3.05, 3.63) is 65.4 Å². The van der Waals surface area contributed by atoms with Gasteiger partial charge in [-0.15, -0.1) is 0 Å². The summed E-state index contributed by atoms with van der Waals surface area (Å²) in [6, 6.07) is 10.4. The molecule has 0 amide bonds. The van der Waals surface area contributed by atoms with Crippen molar-refractivity contribution in [1.82, 2.24) is 19.5 Å². The lowest BCUT2D eigenvalue weighted by Gasteiger charge is -2.23.